The van der Waals surface area contributed by atoms with Gasteiger partial charge in [-0.15, -0.1) is 11.3 Å². The number of hydrogen-bond donors (Lipinski definition) is 1. The highest BCUT2D eigenvalue weighted by molar-refractivity contribution is 7.11. The number of rotatable bonds is 1. The van der Waals surface area contributed by atoms with Crippen molar-refractivity contribution in [3.63, 3.8) is 0 Å². The minimum Gasteiger partial charge on any atom is -0.318 e. The molecule has 1 aromatic heterocycles. The second-order valence-corrected chi connectivity index (χ2v) is 7.27. The van der Waals surface area contributed by atoms with Crippen LogP contribution in [0.1, 0.15) is 41.3 Å². The van der Waals surface area contributed by atoms with E-state index in [1.165, 1.54) is 67.2 Å². The highest BCUT2D eigenvalue weighted by atomic mass is 32.1. The quantitative estimate of drug-likeness (QED) is 0.841. The first kappa shape index (κ1) is 11.4. The van der Waals surface area contributed by atoms with Gasteiger partial charge in [0, 0.05) is 11.4 Å². The van der Waals surface area contributed by atoms with Crippen LogP contribution < -0.4 is 5.73 Å². The van der Waals surface area contributed by atoms with E-state index in [-0.39, 0.29) is 5.54 Å². The molecule has 0 spiro atoms. The normalized spacial score (nSPS) is 38.7. The smallest absolute Gasteiger partial charge is 0.115 e. The minimum atomic E-state index is -0.140. The van der Waals surface area contributed by atoms with E-state index in [4.69, 9.17) is 10.7 Å². The SMILES string of the molecule is NC1(c2nc3c(s2)CCCC3)CN2CCC1CC2. The van der Waals surface area contributed by atoms with Crippen LogP contribution >= 0.6 is 11.3 Å². The third kappa shape index (κ3) is 1.59. The van der Waals surface area contributed by atoms with Gasteiger partial charge in [0.15, 0.2) is 0 Å². The lowest BCUT2D eigenvalue weighted by molar-refractivity contribution is 0.0265. The second kappa shape index (κ2) is 4.02. The zero-order valence-corrected chi connectivity index (χ0v) is 11.6. The number of nitrogens with two attached hydrogens (primary N) is 1. The van der Waals surface area contributed by atoms with Gasteiger partial charge < -0.3 is 10.6 Å². The number of aryl methyl sites for hydroxylation is 2. The number of fused-ring (bicyclic) bond motifs is 4. The van der Waals surface area contributed by atoms with Crippen LogP contribution in [0.15, 0.2) is 0 Å². The zero-order chi connectivity index (χ0) is 12.2. The van der Waals surface area contributed by atoms with Gasteiger partial charge in [-0.3, -0.25) is 0 Å². The molecule has 0 saturated carbocycles. The Kier molecular flexibility index (Phi) is 2.54. The molecule has 18 heavy (non-hydrogen) atoms. The van der Waals surface area contributed by atoms with E-state index in [2.05, 4.69) is 4.90 Å². The van der Waals surface area contributed by atoms with Gasteiger partial charge in [0.2, 0.25) is 0 Å². The predicted molar refractivity (Wildman–Crippen MR) is 73.8 cm³/mol. The molecule has 98 valence electrons. The Morgan fingerprint density at radius 1 is 1.22 bits per heavy atom. The summed E-state index contributed by atoms with van der Waals surface area (Å²) in [5, 5.41) is 1.24. The molecular formula is C14H21N3S. The Bertz CT molecular complexity index is 438. The maximum atomic E-state index is 6.78. The lowest BCUT2D eigenvalue weighted by Gasteiger charge is -2.50. The predicted octanol–water partition coefficient (Wildman–Crippen LogP) is 1.90. The summed E-state index contributed by atoms with van der Waals surface area (Å²) in [6.45, 7) is 3.52. The van der Waals surface area contributed by atoms with Gasteiger partial charge in [0.05, 0.1) is 11.2 Å². The number of nitrogens with zero attached hydrogens (tertiary/aromatic N) is 2. The Labute approximate surface area is 112 Å². The molecule has 1 atom stereocenters. The summed E-state index contributed by atoms with van der Waals surface area (Å²) in [6, 6.07) is 0. The monoisotopic (exact) mass is 263 g/mol. The summed E-state index contributed by atoms with van der Waals surface area (Å²) in [7, 11) is 0. The van der Waals surface area contributed by atoms with Crippen LogP contribution in [0.3, 0.4) is 0 Å². The lowest BCUT2D eigenvalue weighted by Crippen LogP contribution is -2.61. The van der Waals surface area contributed by atoms with E-state index in [1.807, 2.05) is 11.3 Å². The van der Waals surface area contributed by atoms with Gasteiger partial charge in [-0.1, -0.05) is 0 Å². The molecule has 0 radical (unpaired) electrons. The van der Waals surface area contributed by atoms with Gasteiger partial charge in [-0.2, -0.15) is 0 Å². The van der Waals surface area contributed by atoms with E-state index >= 15 is 0 Å². The van der Waals surface area contributed by atoms with Crippen molar-refractivity contribution < 1.29 is 0 Å². The van der Waals surface area contributed by atoms with Gasteiger partial charge in [0.25, 0.3) is 0 Å². The fourth-order valence-corrected chi connectivity index (χ4v) is 5.22. The molecule has 1 aliphatic carbocycles. The maximum Gasteiger partial charge on any atom is 0.115 e. The second-order valence-electron chi connectivity index (χ2n) is 6.19. The van der Waals surface area contributed by atoms with Gasteiger partial charge >= 0.3 is 0 Å². The van der Waals surface area contributed by atoms with Gasteiger partial charge in [-0.25, -0.2) is 4.98 Å². The Balaban J connectivity index is 1.71. The molecule has 3 nitrogen and oxygen atoms in total. The van der Waals surface area contributed by atoms with Crippen molar-refractivity contribution in [1.82, 2.24) is 9.88 Å². The molecule has 2 bridgehead atoms. The molecule has 0 aromatic carbocycles. The van der Waals surface area contributed by atoms with Crippen molar-refractivity contribution in [2.45, 2.75) is 44.1 Å². The summed E-state index contributed by atoms with van der Waals surface area (Å²) < 4.78 is 0. The highest BCUT2D eigenvalue weighted by Crippen LogP contribution is 2.43. The molecule has 1 unspecified atom stereocenters. The number of aromatic nitrogens is 1. The van der Waals surface area contributed by atoms with Gasteiger partial charge in [-0.05, 0) is 57.5 Å². The van der Waals surface area contributed by atoms with Crippen LogP contribution in [0.5, 0.6) is 0 Å². The summed E-state index contributed by atoms with van der Waals surface area (Å²) in [4.78, 5) is 8.99. The number of piperidine rings is 3. The Morgan fingerprint density at radius 2 is 2.00 bits per heavy atom. The number of thiazole rings is 1. The maximum absolute atomic E-state index is 6.78. The fraction of sp³-hybridized carbons (Fsp3) is 0.786. The van der Waals surface area contributed by atoms with Crippen molar-refractivity contribution in [3.05, 3.63) is 15.6 Å². The molecular weight excluding hydrogens is 242 g/mol. The largest absolute Gasteiger partial charge is 0.318 e. The topological polar surface area (TPSA) is 42.1 Å². The van der Waals surface area contributed by atoms with Gasteiger partial charge in [0.1, 0.15) is 5.01 Å². The molecule has 0 amide bonds. The first-order valence-corrected chi connectivity index (χ1v) is 8.08. The van der Waals surface area contributed by atoms with Crippen molar-refractivity contribution in [2.24, 2.45) is 11.7 Å². The van der Waals surface area contributed by atoms with Crippen LogP contribution in [0.4, 0.5) is 0 Å². The third-order valence-corrected chi connectivity index (χ3v) is 6.40. The van der Waals surface area contributed by atoms with Crippen LogP contribution in [0.2, 0.25) is 0 Å². The molecule has 5 rings (SSSR count). The van der Waals surface area contributed by atoms with Crippen molar-refractivity contribution >= 4 is 11.3 Å². The Morgan fingerprint density at radius 3 is 2.67 bits per heavy atom. The van der Waals surface area contributed by atoms with Crippen molar-refractivity contribution in [3.8, 4) is 0 Å². The van der Waals surface area contributed by atoms with Crippen molar-refractivity contribution in [1.29, 1.82) is 0 Å². The summed E-state index contributed by atoms with van der Waals surface area (Å²) in [5.74, 6) is 0.662. The molecule has 3 saturated heterocycles. The van der Waals surface area contributed by atoms with Crippen molar-refractivity contribution in [2.75, 3.05) is 19.6 Å². The average Bonchev–Trinajstić information content (AvgIpc) is 2.84. The molecule has 4 heterocycles. The van der Waals surface area contributed by atoms with Crippen LogP contribution in [-0.4, -0.2) is 29.5 Å². The van der Waals surface area contributed by atoms with Crippen LogP contribution in [0, 0.1) is 5.92 Å². The van der Waals surface area contributed by atoms with E-state index < -0.39 is 0 Å². The summed E-state index contributed by atoms with van der Waals surface area (Å²) in [5.41, 5.74) is 8.01. The first-order chi connectivity index (χ1) is 8.75. The number of hydrogen-bond acceptors (Lipinski definition) is 4. The summed E-state index contributed by atoms with van der Waals surface area (Å²) in [6.07, 6.45) is 7.58. The van der Waals surface area contributed by atoms with Crippen LogP contribution in [-0.2, 0) is 18.4 Å². The zero-order valence-electron chi connectivity index (χ0n) is 10.8. The van der Waals surface area contributed by atoms with Crippen LogP contribution in [0.25, 0.3) is 0 Å². The summed E-state index contributed by atoms with van der Waals surface area (Å²) >= 11 is 1.92. The van der Waals surface area contributed by atoms with E-state index in [0.29, 0.717) is 5.92 Å². The fourth-order valence-electron chi connectivity index (χ4n) is 3.90. The molecule has 3 aliphatic heterocycles. The molecule has 2 N–H and O–H groups in total. The molecule has 4 aliphatic rings. The minimum absolute atomic E-state index is 0.140. The Hall–Kier alpha value is -0.450. The lowest BCUT2D eigenvalue weighted by atomic mass is 9.74. The van der Waals surface area contributed by atoms with E-state index in [9.17, 15) is 0 Å². The highest BCUT2D eigenvalue weighted by Gasteiger charge is 2.47. The van der Waals surface area contributed by atoms with E-state index in [1.54, 1.807) is 0 Å². The molecule has 3 fully saturated rings. The first-order valence-electron chi connectivity index (χ1n) is 7.26. The van der Waals surface area contributed by atoms with E-state index in [0.717, 1.165) is 6.54 Å². The standard InChI is InChI=1S/C14H21N3S/c15-14(9-17-7-5-10(14)6-8-17)13-16-11-3-1-2-4-12(11)18-13/h10H,1-9,15H2. The molecule has 4 heteroatoms. The third-order valence-electron chi connectivity index (χ3n) is 5.05. The molecule has 1 aromatic rings. The average molecular weight is 263 g/mol.